The predicted octanol–water partition coefficient (Wildman–Crippen LogP) is -1.70. The molecular weight excluding hydrogens is 276 g/mol. The van der Waals surface area contributed by atoms with Gasteiger partial charge in [-0.2, -0.15) is 0 Å². The minimum absolute atomic E-state index is 0.189. The van der Waals surface area contributed by atoms with E-state index < -0.39 is 17.9 Å². The lowest BCUT2D eigenvalue weighted by Crippen LogP contribution is -3.12. The van der Waals surface area contributed by atoms with Gasteiger partial charge in [0.1, 0.15) is 17.5 Å². The highest BCUT2D eigenvalue weighted by Gasteiger charge is 2.21. The normalized spacial score (nSPS) is 11.9. The molecule has 7 nitrogen and oxygen atoms in total. The van der Waals surface area contributed by atoms with Crippen molar-refractivity contribution in [1.29, 1.82) is 0 Å². The van der Waals surface area contributed by atoms with Crippen molar-refractivity contribution in [3.8, 4) is 11.5 Å². The lowest BCUT2D eigenvalue weighted by molar-refractivity contribution is -0.878. The first-order chi connectivity index (χ1) is 9.88. The van der Waals surface area contributed by atoms with Crippen LogP contribution in [-0.2, 0) is 9.59 Å². The van der Waals surface area contributed by atoms with Crippen LogP contribution in [0.1, 0.15) is 6.42 Å². The summed E-state index contributed by atoms with van der Waals surface area (Å²) in [5.41, 5.74) is 0.424. The van der Waals surface area contributed by atoms with E-state index in [1.165, 1.54) is 14.2 Å². The topological polar surface area (TPSA) is 92.1 Å². The largest absolute Gasteiger partial charge is 0.544 e. The van der Waals surface area contributed by atoms with Crippen LogP contribution in [0.2, 0.25) is 0 Å². The molecule has 2 N–H and O–H groups in total. The zero-order valence-corrected chi connectivity index (χ0v) is 12.6. The molecule has 0 unspecified atom stereocenters. The van der Waals surface area contributed by atoms with Crippen molar-refractivity contribution in [2.24, 2.45) is 0 Å². The number of ether oxygens (including phenoxy) is 2. The summed E-state index contributed by atoms with van der Waals surface area (Å²) in [6.45, 7) is 0. The fourth-order valence-corrected chi connectivity index (χ4v) is 1.82. The maximum atomic E-state index is 12.0. The number of carbonyl (C=O) groups is 2. The molecule has 1 aromatic rings. The Labute approximate surface area is 123 Å². The Morgan fingerprint density at radius 3 is 2.43 bits per heavy atom. The second kappa shape index (κ2) is 7.49. The molecule has 116 valence electrons. The third-order valence-corrected chi connectivity index (χ3v) is 3.05. The van der Waals surface area contributed by atoms with Gasteiger partial charge in [-0.15, -0.1) is 0 Å². The molecule has 0 saturated carbocycles. The quantitative estimate of drug-likeness (QED) is 0.625. The van der Waals surface area contributed by atoms with E-state index in [0.717, 1.165) is 0 Å². The van der Waals surface area contributed by atoms with E-state index in [2.05, 4.69) is 5.32 Å². The molecule has 0 aliphatic carbocycles. The Balaban J connectivity index is 2.85. The van der Waals surface area contributed by atoms with E-state index in [4.69, 9.17) is 9.47 Å². The van der Waals surface area contributed by atoms with Crippen molar-refractivity contribution in [3.63, 3.8) is 0 Å². The Kier molecular flexibility index (Phi) is 5.98. The molecular formula is C14H20N2O5. The van der Waals surface area contributed by atoms with Crippen molar-refractivity contribution in [2.45, 2.75) is 12.5 Å². The molecule has 0 heterocycles. The van der Waals surface area contributed by atoms with Crippen LogP contribution in [-0.4, -0.2) is 46.2 Å². The number of benzene rings is 1. The molecule has 0 radical (unpaired) electrons. The number of methoxy groups -OCH3 is 2. The molecule has 0 aromatic heterocycles. The number of rotatable bonds is 7. The number of nitrogens with one attached hydrogen (secondary N) is 2. The van der Waals surface area contributed by atoms with Gasteiger partial charge in [0, 0.05) is 6.07 Å². The highest BCUT2D eigenvalue weighted by molar-refractivity contribution is 5.94. The van der Waals surface area contributed by atoms with Crippen molar-refractivity contribution in [1.82, 2.24) is 0 Å². The minimum Gasteiger partial charge on any atom is -0.544 e. The minimum atomic E-state index is -1.26. The van der Waals surface area contributed by atoms with Crippen LogP contribution in [0, 0.1) is 0 Å². The second-order valence-corrected chi connectivity index (χ2v) is 4.77. The van der Waals surface area contributed by atoms with Gasteiger partial charge in [-0.3, -0.25) is 4.79 Å². The summed E-state index contributed by atoms with van der Waals surface area (Å²) in [7, 11) is 6.29. The number of carbonyl (C=O) groups excluding carboxylic acids is 2. The first kappa shape index (κ1) is 16.8. The van der Waals surface area contributed by atoms with Crippen LogP contribution in [0.4, 0.5) is 5.69 Å². The average Bonchev–Trinajstić information content (AvgIpc) is 2.43. The molecule has 7 heteroatoms. The van der Waals surface area contributed by atoms with Crippen LogP contribution < -0.4 is 24.8 Å². The van der Waals surface area contributed by atoms with Gasteiger partial charge < -0.3 is 29.6 Å². The lowest BCUT2D eigenvalue weighted by Gasteiger charge is -2.21. The Bertz CT molecular complexity index is 516. The highest BCUT2D eigenvalue weighted by Crippen LogP contribution is 2.28. The number of quaternary nitrogens is 1. The number of hydrogen-bond donors (Lipinski definition) is 2. The highest BCUT2D eigenvalue weighted by atomic mass is 16.5. The number of carboxylic acids is 1. The molecule has 0 spiro atoms. The van der Waals surface area contributed by atoms with Gasteiger partial charge in [-0.05, 0) is 12.1 Å². The van der Waals surface area contributed by atoms with Crippen LogP contribution in [0.15, 0.2) is 18.2 Å². The zero-order valence-electron chi connectivity index (χ0n) is 12.6. The molecule has 21 heavy (non-hydrogen) atoms. The van der Waals surface area contributed by atoms with Gasteiger partial charge in [0.05, 0.1) is 46.4 Å². The van der Waals surface area contributed by atoms with Gasteiger partial charge in [-0.1, -0.05) is 0 Å². The molecule has 0 saturated heterocycles. The van der Waals surface area contributed by atoms with Crippen LogP contribution in [0.5, 0.6) is 11.5 Å². The van der Waals surface area contributed by atoms with E-state index in [1.54, 1.807) is 32.3 Å². The van der Waals surface area contributed by atoms with E-state index in [9.17, 15) is 14.7 Å². The fraction of sp³-hybridized carbons (Fsp3) is 0.429. The van der Waals surface area contributed by atoms with Crippen molar-refractivity contribution < 1.29 is 29.1 Å². The van der Waals surface area contributed by atoms with Crippen molar-refractivity contribution in [3.05, 3.63) is 18.2 Å². The summed E-state index contributed by atoms with van der Waals surface area (Å²) in [6, 6.07) is 4.04. The van der Waals surface area contributed by atoms with Gasteiger partial charge >= 0.3 is 0 Å². The summed E-state index contributed by atoms with van der Waals surface area (Å²) < 4.78 is 10.2. The number of amides is 1. The van der Waals surface area contributed by atoms with E-state index in [1.807, 2.05) is 0 Å². The molecule has 0 bridgehead atoms. The number of aliphatic carboxylic acids is 1. The third-order valence-electron chi connectivity index (χ3n) is 3.05. The average molecular weight is 296 g/mol. The molecule has 0 fully saturated rings. The summed E-state index contributed by atoms with van der Waals surface area (Å²) in [5.74, 6) is -0.674. The molecule has 0 aliphatic rings. The number of likely N-dealkylation sites (N-methyl/N-ethyl adjacent to an activating group) is 1. The number of anilines is 1. The summed E-state index contributed by atoms with van der Waals surface area (Å²) >= 11 is 0. The number of carboxylic acid groups (broad SMARTS) is 1. The van der Waals surface area contributed by atoms with Crippen LogP contribution >= 0.6 is 0 Å². The van der Waals surface area contributed by atoms with Crippen molar-refractivity contribution >= 4 is 17.6 Å². The molecule has 1 aromatic carbocycles. The van der Waals surface area contributed by atoms with E-state index >= 15 is 0 Å². The standard InChI is InChI=1S/C14H20N2O5/c1-16(2)11(14(18)19)8-13(17)15-10-7-9(20-3)5-6-12(10)21-4/h5-7,11H,8H2,1-4H3,(H,15,17)(H,18,19)/t11-/m1/s1. The lowest BCUT2D eigenvalue weighted by atomic mass is 10.1. The Morgan fingerprint density at radius 2 is 1.95 bits per heavy atom. The zero-order chi connectivity index (χ0) is 16.0. The van der Waals surface area contributed by atoms with Gasteiger partial charge in [0.2, 0.25) is 5.91 Å². The number of hydrogen-bond acceptors (Lipinski definition) is 5. The first-order valence-electron chi connectivity index (χ1n) is 6.41. The summed E-state index contributed by atoms with van der Waals surface area (Å²) in [5, 5.41) is 13.6. The SMILES string of the molecule is COc1ccc(OC)c(NC(=O)C[C@H](C(=O)[O-])[NH+](C)C)c1. The Hall–Kier alpha value is -2.28. The third kappa shape index (κ3) is 4.64. The molecule has 0 aliphatic heterocycles. The van der Waals surface area contributed by atoms with Crippen molar-refractivity contribution in [2.75, 3.05) is 33.6 Å². The fourth-order valence-electron chi connectivity index (χ4n) is 1.82. The maximum absolute atomic E-state index is 12.0. The first-order valence-corrected chi connectivity index (χ1v) is 6.41. The van der Waals surface area contributed by atoms with Crippen LogP contribution in [0.3, 0.4) is 0 Å². The van der Waals surface area contributed by atoms with Gasteiger partial charge in [0.25, 0.3) is 0 Å². The maximum Gasteiger partial charge on any atom is 0.230 e. The van der Waals surface area contributed by atoms with Gasteiger partial charge in [0.15, 0.2) is 0 Å². The molecule has 1 atom stereocenters. The molecule has 1 rings (SSSR count). The summed E-state index contributed by atoms with van der Waals surface area (Å²) in [4.78, 5) is 23.6. The van der Waals surface area contributed by atoms with Crippen LogP contribution in [0.25, 0.3) is 0 Å². The van der Waals surface area contributed by atoms with Gasteiger partial charge in [-0.25, -0.2) is 0 Å². The van der Waals surface area contributed by atoms with E-state index in [0.29, 0.717) is 22.1 Å². The predicted molar refractivity (Wildman–Crippen MR) is 74.4 cm³/mol. The Morgan fingerprint density at radius 1 is 1.29 bits per heavy atom. The smallest absolute Gasteiger partial charge is 0.230 e. The molecule has 1 amide bonds. The van der Waals surface area contributed by atoms with E-state index in [-0.39, 0.29) is 6.42 Å². The summed E-state index contributed by atoms with van der Waals surface area (Å²) in [6.07, 6.45) is -0.189. The second-order valence-electron chi connectivity index (χ2n) is 4.77. The monoisotopic (exact) mass is 296 g/mol.